The minimum atomic E-state index is -0.585. The number of carbonyl (C=O) groups is 1. The number of nitrogens with zero attached hydrogens (tertiary/aromatic N) is 4. The average Bonchev–Trinajstić information content (AvgIpc) is 3.03. The van der Waals surface area contributed by atoms with Gasteiger partial charge >= 0.3 is 5.97 Å². The van der Waals surface area contributed by atoms with E-state index in [-0.39, 0.29) is 17.9 Å². The number of rotatable bonds is 4. The van der Waals surface area contributed by atoms with E-state index in [1.165, 1.54) is 0 Å². The van der Waals surface area contributed by atoms with Crippen LogP contribution in [0.2, 0.25) is 0 Å². The van der Waals surface area contributed by atoms with Crippen molar-refractivity contribution in [1.82, 2.24) is 9.78 Å². The van der Waals surface area contributed by atoms with Gasteiger partial charge in [-0.1, -0.05) is 18.2 Å². The van der Waals surface area contributed by atoms with Gasteiger partial charge in [-0.3, -0.25) is 0 Å². The number of nitriles is 1. The summed E-state index contributed by atoms with van der Waals surface area (Å²) in [6.45, 7) is 4.36. The number of ether oxygens (including phenoxy) is 2. The number of carbonyl (C=O) groups excluding carboxylic acids is 1. The Morgan fingerprint density at radius 1 is 1.33 bits per heavy atom. The maximum Gasteiger partial charge on any atom is 0.360 e. The molecule has 0 atom stereocenters. The molecule has 7 nitrogen and oxygen atoms in total. The number of benzene rings is 1. The van der Waals surface area contributed by atoms with Gasteiger partial charge in [-0.15, -0.1) is 0 Å². The van der Waals surface area contributed by atoms with Crippen LogP contribution < -0.4 is 4.90 Å². The van der Waals surface area contributed by atoms with Gasteiger partial charge in [0.25, 0.3) is 0 Å². The summed E-state index contributed by atoms with van der Waals surface area (Å²) in [6, 6.07) is 11.6. The molecule has 1 aliphatic rings. The van der Waals surface area contributed by atoms with Crippen LogP contribution in [0.4, 0.5) is 5.82 Å². The molecular weight excluding hydrogens is 308 g/mol. The molecule has 3 rings (SSSR count). The highest BCUT2D eigenvalue weighted by Gasteiger charge is 2.29. The Kier molecular flexibility index (Phi) is 4.77. The highest BCUT2D eigenvalue weighted by Crippen LogP contribution is 2.28. The van der Waals surface area contributed by atoms with E-state index in [9.17, 15) is 10.1 Å². The molecule has 2 heterocycles. The zero-order chi connectivity index (χ0) is 16.9. The molecule has 1 aliphatic heterocycles. The third-order valence-electron chi connectivity index (χ3n) is 3.75. The lowest BCUT2D eigenvalue weighted by Crippen LogP contribution is -2.37. The lowest BCUT2D eigenvalue weighted by atomic mass is 10.2. The van der Waals surface area contributed by atoms with E-state index in [0.29, 0.717) is 32.1 Å². The van der Waals surface area contributed by atoms with Crippen LogP contribution in [0, 0.1) is 11.3 Å². The van der Waals surface area contributed by atoms with Gasteiger partial charge in [-0.05, 0) is 19.1 Å². The first-order valence-corrected chi connectivity index (χ1v) is 7.84. The molecule has 0 N–H and O–H groups in total. The van der Waals surface area contributed by atoms with Gasteiger partial charge in [0, 0.05) is 13.1 Å². The van der Waals surface area contributed by atoms with Crippen molar-refractivity contribution in [1.29, 1.82) is 5.26 Å². The quantitative estimate of drug-likeness (QED) is 0.797. The van der Waals surface area contributed by atoms with Gasteiger partial charge in [-0.25, -0.2) is 9.48 Å². The molecule has 124 valence electrons. The zero-order valence-electron chi connectivity index (χ0n) is 13.4. The molecule has 1 saturated heterocycles. The van der Waals surface area contributed by atoms with Crippen LogP contribution in [0.25, 0.3) is 5.69 Å². The number of hydrogen-bond donors (Lipinski definition) is 0. The average molecular weight is 326 g/mol. The molecule has 24 heavy (non-hydrogen) atoms. The molecule has 0 aliphatic carbocycles. The fourth-order valence-corrected chi connectivity index (χ4v) is 2.67. The van der Waals surface area contributed by atoms with Crippen molar-refractivity contribution in [3.05, 3.63) is 41.6 Å². The normalized spacial score (nSPS) is 14.2. The summed E-state index contributed by atoms with van der Waals surface area (Å²) in [5, 5.41) is 14.0. The van der Waals surface area contributed by atoms with Gasteiger partial charge in [0.05, 0.1) is 25.5 Å². The maximum absolute atomic E-state index is 12.2. The molecule has 0 unspecified atom stereocenters. The van der Waals surface area contributed by atoms with Gasteiger partial charge < -0.3 is 14.4 Å². The zero-order valence-corrected chi connectivity index (χ0v) is 13.4. The number of aromatic nitrogens is 2. The predicted molar refractivity (Wildman–Crippen MR) is 87.3 cm³/mol. The molecule has 0 saturated carbocycles. The van der Waals surface area contributed by atoms with Crippen LogP contribution >= 0.6 is 0 Å². The first-order valence-electron chi connectivity index (χ1n) is 7.84. The summed E-state index contributed by atoms with van der Waals surface area (Å²) in [5.74, 6) is 0.0216. The second-order valence-electron chi connectivity index (χ2n) is 5.23. The highest BCUT2D eigenvalue weighted by atomic mass is 16.5. The van der Waals surface area contributed by atoms with E-state index in [1.807, 2.05) is 35.2 Å². The van der Waals surface area contributed by atoms with Crippen molar-refractivity contribution < 1.29 is 14.3 Å². The summed E-state index contributed by atoms with van der Waals surface area (Å²) in [4.78, 5) is 14.2. The van der Waals surface area contributed by atoms with Crippen LogP contribution in [0.5, 0.6) is 0 Å². The molecule has 1 aromatic heterocycles. The lowest BCUT2D eigenvalue weighted by molar-refractivity contribution is 0.0518. The largest absolute Gasteiger partial charge is 0.461 e. The standard InChI is InChI=1S/C17H18N4O3/c1-2-24-17(22)15-14(12-18)16(20-8-10-23-11-9-20)21(19-15)13-6-4-3-5-7-13/h3-7H,2,8-11H2,1H3. The smallest absolute Gasteiger partial charge is 0.360 e. The third-order valence-corrected chi connectivity index (χ3v) is 3.75. The second-order valence-corrected chi connectivity index (χ2v) is 5.23. The van der Waals surface area contributed by atoms with Crippen LogP contribution in [-0.4, -0.2) is 48.7 Å². The van der Waals surface area contributed by atoms with E-state index < -0.39 is 5.97 Å². The molecular formula is C17H18N4O3. The van der Waals surface area contributed by atoms with Crippen molar-refractivity contribution in [3.63, 3.8) is 0 Å². The first-order chi connectivity index (χ1) is 11.8. The highest BCUT2D eigenvalue weighted by molar-refractivity contribution is 5.92. The van der Waals surface area contributed by atoms with Crippen molar-refractivity contribution in [2.24, 2.45) is 0 Å². The van der Waals surface area contributed by atoms with Crippen molar-refractivity contribution in [2.75, 3.05) is 37.8 Å². The van der Waals surface area contributed by atoms with E-state index in [0.717, 1.165) is 5.69 Å². The van der Waals surface area contributed by atoms with Gasteiger partial charge in [-0.2, -0.15) is 10.4 Å². The van der Waals surface area contributed by atoms with Crippen molar-refractivity contribution in [2.45, 2.75) is 6.92 Å². The van der Waals surface area contributed by atoms with E-state index >= 15 is 0 Å². The molecule has 0 amide bonds. The van der Waals surface area contributed by atoms with Gasteiger partial charge in [0.2, 0.25) is 0 Å². The van der Waals surface area contributed by atoms with Gasteiger partial charge in [0.15, 0.2) is 11.5 Å². The maximum atomic E-state index is 12.2. The summed E-state index contributed by atoms with van der Waals surface area (Å²) >= 11 is 0. The topological polar surface area (TPSA) is 80.4 Å². The Hall–Kier alpha value is -2.85. The van der Waals surface area contributed by atoms with E-state index in [4.69, 9.17) is 9.47 Å². The molecule has 2 aromatic rings. The third kappa shape index (κ3) is 2.96. The monoisotopic (exact) mass is 326 g/mol. The summed E-state index contributed by atoms with van der Waals surface area (Å²) in [7, 11) is 0. The minimum absolute atomic E-state index is 0.0460. The van der Waals surface area contributed by atoms with E-state index in [2.05, 4.69) is 11.2 Å². The molecule has 7 heteroatoms. The molecule has 0 spiro atoms. The molecule has 0 radical (unpaired) electrons. The van der Waals surface area contributed by atoms with Crippen molar-refractivity contribution >= 4 is 11.8 Å². The number of esters is 1. The lowest BCUT2D eigenvalue weighted by Gasteiger charge is -2.29. The number of hydrogen-bond acceptors (Lipinski definition) is 6. The molecule has 0 bridgehead atoms. The summed E-state index contributed by atoms with van der Waals surface area (Å²) < 4.78 is 12.1. The number of morpholine rings is 1. The second kappa shape index (κ2) is 7.15. The van der Waals surface area contributed by atoms with Crippen LogP contribution in [0.15, 0.2) is 30.3 Å². The molecule has 1 aromatic carbocycles. The summed E-state index contributed by atoms with van der Waals surface area (Å²) in [6.07, 6.45) is 0. The number of para-hydroxylation sites is 1. The summed E-state index contributed by atoms with van der Waals surface area (Å²) in [5.41, 5.74) is 1.06. The fraction of sp³-hybridized carbons (Fsp3) is 0.353. The van der Waals surface area contributed by atoms with Crippen LogP contribution in [0.1, 0.15) is 23.0 Å². The number of anilines is 1. The molecule has 1 fully saturated rings. The Morgan fingerprint density at radius 3 is 2.67 bits per heavy atom. The Labute approximate surface area is 140 Å². The van der Waals surface area contributed by atoms with Crippen LogP contribution in [0.3, 0.4) is 0 Å². The Balaban J connectivity index is 2.15. The predicted octanol–water partition coefficient (Wildman–Crippen LogP) is 1.76. The van der Waals surface area contributed by atoms with Crippen molar-refractivity contribution in [3.8, 4) is 11.8 Å². The van der Waals surface area contributed by atoms with Crippen LogP contribution in [-0.2, 0) is 9.47 Å². The Morgan fingerprint density at radius 2 is 2.04 bits per heavy atom. The fourth-order valence-electron chi connectivity index (χ4n) is 2.67. The Bertz CT molecular complexity index is 758. The van der Waals surface area contributed by atoms with E-state index in [1.54, 1.807) is 11.6 Å². The van der Waals surface area contributed by atoms with Gasteiger partial charge in [0.1, 0.15) is 11.6 Å². The SMILES string of the molecule is CCOC(=O)c1nn(-c2ccccc2)c(N2CCOCC2)c1C#N. The first kappa shape index (κ1) is 16.0. The minimum Gasteiger partial charge on any atom is -0.461 e.